The first-order valence-corrected chi connectivity index (χ1v) is 6.63. The summed E-state index contributed by atoms with van der Waals surface area (Å²) in [6.45, 7) is 3.42. The van der Waals surface area contributed by atoms with Crippen LogP contribution in [0.5, 0.6) is 0 Å². The van der Waals surface area contributed by atoms with E-state index in [1.54, 1.807) is 19.1 Å². The van der Waals surface area contributed by atoms with Crippen LogP contribution < -0.4 is 0 Å². The SMILES string of the molecule is CCOC(=O)/C(=N\OS(=O)O)C(=O)c1ccc(C)cc1. The summed E-state index contributed by atoms with van der Waals surface area (Å²) < 4.78 is 27.6. The molecule has 0 amide bonds. The molecule has 0 heterocycles. The first-order valence-electron chi connectivity index (χ1n) is 5.60. The van der Waals surface area contributed by atoms with Crippen molar-refractivity contribution in [3.63, 3.8) is 0 Å². The molecular weight excluding hydrogens is 286 g/mol. The number of ether oxygens (including phenoxy) is 1. The number of esters is 1. The minimum Gasteiger partial charge on any atom is -0.461 e. The first kappa shape index (κ1) is 16.0. The summed E-state index contributed by atoms with van der Waals surface area (Å²) >= 11 is -2.73. The van der Waals surface area contributed by atoms with Crippen LogP contribution in [-0.2, 0) is 25.2 Å². The number of carbonyl (C=O) groups is 2. The monoisotopic (exact) mass is 299 g/mol. The molecule has 0 saturated carbocycles. The van der Waals surface area contributed by atoms with Gasteiger partial charge in [0.15, 0.2) is 0 Å². The number of nitrogens with zero attached hydrogens (tertiary/aromatic N) is 1. The molecule has 7 nitrogen and oxygen atoms in total. The second kappa shape index (κ2) is 7.51. The molecule has 1 unspecified atom stereocenters. The normalized spacial score (nSPS) is 12.7. The molecule has 0 aliphatic heterocycles. The van der Waals surface area contributed by atoms with Crippen molar-refractivity contribution >= 4 is 28.8 Å². The molecule has 1 aromatic rings. The second-order valence-corrected chi connectivity index (χ2v) is 4.23. The Hall–Kier alpha value is -2.06. The predicted molar refractivity (Wildman–Crippen MR) is 71.4 cm³/mol. The summed E-state index contributed by atoms with van der Waals surface area (Å²) in [6.07, 6.45) is 0. The number of oxime groups is 1. The minimum absolute atomic E-state index is 0.0290. The van der Waals surface area contributed by atoms with E-state index in [4.69, 9.17) is 4.55 Å². The van der Waals surface area contributed by atoms with Gasteiger partial charge < -0.3 is 4.74 Å². The lowest BCUT2D eigenvalue weighted by atomic mass is 10.1. The molecule has 108 valence electrons. The third kappa shape index (κ3) is 4.56. The number of carbonyl (C=O) groups excluding carboxylic acids is 2. The van der Waals surface area contributed by atoms with Crippen LogP contribution in [0.1, 0.15) is 22.8 Å². The lowest BCUT2D eigenvalue weighted by Gasteiger charge is -2.04. The van der Waals surface area contributed by atoms with Crippen molar-refractivity contribution in [2.75, 3.05) is 6.61 Å². The molecule has 1 aromatic carbocycles. The van der Waals surface area contributed by atoms with Crippen LogP contribution in [0.4, 0.5) is 0 Å². The first-order chi connectivity index (χ1) is 9.45. The summed E-state index contributed by atoms with van der Waals surface area (Å²) in [6, 6.07) is 6.37. The highest BCUT2D eigenvalue weighted by atomic mass is 32.2. The molecular formula is C12H13NO6S. The average Bonchev–Trinajstić information content (AvgIpc) is 2.39. The van der Waals surface area contributed by atoms with Crippen LogP contribution in [0.15, 0.2) is 29.4 Å². The molecule has 1 N–H and O–H groups in total. The maximum atomic E-state index is 12.1. The van der Waals surface area contributed by atoms with Crippen molar-refractivity contribution in [3.05, 3.63) is 35.4 Å². The zero-order valence-electron chi connectivity index (χ0n) is 10.9. The average molecular weight is 299 g/mol. The van der Waals surface area contributed by atoms with E-state index in [2.05, 4.69) is 14.2 Å². The molecule has 0 fully saturated rings. The third-order valence-electron chi connectivity index (χ3n) is 2.19. The summed E-state index contributed by atoms with van der Waals surface area (Å²) in [5, 5.41) is 3.08. The Kier molecular flexibility index (Phi) is 6.01. The van der Waals surface area contributed by atoms with Crippen LogP contribution in [-0.4, -0.2) is 32.8 Å². The Morgan fingerprint density at radius 3 is 2.40 bits per heavy atom. The Labute approximate surface area is 118 Å². The minimum atomic E-state index is -2.73. The van der Waals surface area contributed by atoms with Crippen molar-refractivity contribution in [1.82, 2.24) is 0 Å². The van der Waals surface area contributed by atoms with Crippen LogP contribution in [0.3, 0.4) is 0 Å². The molecule has 0 aliphatic carbocycles. The van der Waals surface area contributed by atoms with E-state index in [0.717, 1.165) is 5.56 Å². The number of ketones is 1. The number of rotatable bonds is 6. The molecule has 0 radical (unpaired) electrons. The number of benzene rings is 1. The van der Waals surface area contributed by atoms with E-state index in [1.807, 2.05) is 6.92 Å². The van der Waals surface area contributed by atoms with Crippen molar-refractivity contribution in [2.45, 2.75) is 13.8 Å². The highest BCUT2D eigenvalue weighted by Gasteiger charge is 2.24. The molecule has 0 aromatic heterocycles. The van der Waals surface area contributed by atoms with Gasteiger partial charge in [-0.3, -0.25) is 13.6 Å². The van der Waals surface area contributed by atoms with Crippen molar-refractivity contribution < 1.29 is 27.4 Å². The maximum absolute atomic E-state index is 12.1. The zero-order valence-corrected chi connectivity index (χ0v) is 11.7. The lowest BCUT2D eigenvalue weighted by Crippen LogP contribution is -2.27. The number of aryl methyl sites for hydroxylation is 1. The highest BCUT2D eigenvalue weighted by Crippen LogP contribution is 2.06. The van der Waals surface area contributed by atoms with Gasteiger partial charge in [0.2, 0.25) is 11.5 Å². The van der Waals surface area contributed by atoms with Gasteiger partial charge in [0.1, 0.15) is 0 Å². The number of Topliss-reactive ketones (excluding diaryl/α,β-unsaturated/α-hetero) is 1. The largest absolute Gasteiger partial charge is 0.461 e. The molecule has 1 rings (SSSR count). The number of hydrogen-bond donors (Lipinski definition) is 1. The molecule has 20 heavy (non-hydrogen) atoms. The van der Waals surface area contributed by atoms with Crippen LogP contribution in [0.2, 0.25) is 0 Å². The van der Waals surface area contributed by atoms with Gasteiger partial charge in [-0.25, -0.2) is 4.79 Å². The van der Waals surface area contributed by atoms with Crippen LogP contribution >= 0.6 is 0 Å². The van der Waals surface area contributed by atoms with Gasteiger partial charge in [0, 0.05) is 5.56 Å². The van der Waals surface area contributed by atoms with E-state index >= 15 is 0 Å². The fraction of sp³-hybridized carbons (Fsp3) is 0.250. The van der Waals surface area contributed by atoms with Crippen molar-refractivity contribution in [1.29, 1.82) is 0 Å². The second-order valence-electron chi connectivity index (χ2n) is 3.65. The van der Waals surface area contributed by atoms with E-state index in [-0.39, 0.29) is 12.2 Å². The predicted octanol–water partition coefficient (Wildman–Crippen LogP) is 1.25. The standard InChI is InChI=1S/C12H13NO6S/c1-3-18-12(15)10(13-19-20(16)17)11(14)9-6-4-8(2)5-7-9/h4-7H,3H2,1-2H3,(H,16,17)/b13-10-. The third-order valence-corrected chi connectivity index (χ3v) is 2.39. The Balaban J connectivity index is 3.06. The molecule has 1 atom stereocenters. The highest BCUT2D eigenvalue weighted by molar-refractivity contribution is 7.74. The molecule has 0 aliphatic rings. The Bertz CT molecular complexity index is 552. The van der Waals surface area contributed by atoms with E-state index < -0.39 is 28.8 Å². The topological polar surface area (TPSA) is 102 Å². The van der Waals surface area contributed by atoms with Gasteiger partial charge in [0.05, 0.1) is 6.61 Å². The summed E-state index contributed by atoms with van der Waals surface area (Å²) in [5.74, 6) is -1.78. The van der Waals surface area contributed by atoms with Gasteiger partial charge >= 0.3 is 17.3 Å². The lowest BCUT2D eigenvalue weighted by molar-refractivity contribution is -0.135. The van der Waals surface area contributed by atoms with Crippen LogP contribution in [0, 0.1) is 6.92 Å². The van der Waals surface area contributed by atoms with Gasteiger partial charge in [-0.2, -0.15) is 4.21 Å². The van der Waals surface area contributed by atoms with E-state index in [1.165, 1.54) is 12.1 Å². The Morgan fingerprint density at radius 2 is 1.90 bits per heavy atom. The number of hydrogen-bond acceptors (Lipinski definition) is 6. The smallest absolute Gasteiger partial charge is 0.378 e. The van der Waals surface area contributed by atoms with E-state index in [9.17, 15) is 13.8 Å². The molecule has 0 saturated heterocycles. The van der Waals surface area contributed by atoms with Gasteiger partial charge in [0.25, 0.3) is 0 Å². The van der Waals surface area contributed by atoms with Gasteiger partial charge in [-0.15, -0.1) is 0 Å². The van der Waals surface area contributed by atoms with Crippen LogP contribution in [0.25, 0.3) is 0 Å². The summed E-state index contributed by atoms with van der Waals surface area (Å²) in [7, 11) is 0. The molecule has 8 heteroatoms. The maximum Gasteiger partial charge on any atom is 0.378 e. The zero-order chi connectivity index (χ0) is 15.1. The Morgan fingerprint density at radius 1 is 1.30 bits per heavy atom. The van der Waals surface area contributed by atoms with Gasteiger partial charge in [-0.1, -0.05) is 35.0 Å². The molecule has 0 spiro atoms. The molecule has 0 bridgehead atoms. The summed E-state index contributed by atoms with van der Waals surface area (Å²) in [5.41, 5.74) is 0.428. The van der Waals surface area contributed by atoms with E-state index in [0.29, 0.717) is 0 Å². The van der Waals surface area contributed by atoms with Crippen molar-refractivity contribution in [3.8, 4) is 0 Å². The fourth-order valence-corrected chi connectivity index (χ4v) is 1.42. The quantitative estimate of drug-likeness (QED) is 0.212. The van der Waals surface area contributed by atoms with Gasteiger partial charge in [-0.05, 0) is 13.8 Å². The summed E-state index contributed by atoms with van der Waals surface area (Å²) in [4.78, 5) is 23.7. The fourth-order valence-electron chi connectivity index (χ4n) is 1.28. The van der Waals surface area contributed by atoms with Crippen molar-refractivity contribution in [2.24, 2.45) is 5.16 Å².